The van der Waals surface area contributed by atoms with Crippen LogP contribution in [0.15, 0.2) is 46.8 Å². The molecule has 3 aromatic rings. The molecule has 0 aliphatic carbocycles. The molecule has 3 aromatic heterocycles. The SMILES string of the molecule is Cn1cc(NC(=O)Cn2nc(-c3cccs3)ccc2=O)cn1. The van der Waals surface area contributed by atoms with E-state index in [1.54, 1.807) is 24.0 Å². The molecule has 0 bridgehead atoms. The van der Waals surface area contributed by atoms with E-state index >= 15 is 0 Å². The minimum atomic E-state index is -0.328. The average Bonchev–Trinajstić information content (AvgIpc) is 3.13. The zero-order chi connectivity index (χ0) is 15.5. The van der Waals surface area contributed by atoms with Gasteiger partial charge in [0.15, 0.2) is 0 Å². The van der Waals surface area contributed by atoms with Crippen molar-refractivity contribution in [3.63, 3.8) is 0 Å². The number of rotatable bonds is 4. The Labute approximate surface area is 129 Å². The van der Waals surface area contributed by atoms with Gasteiger partial charge in [-0.2, -0.15) is 10.2 Å². The Morgan fingerprint density at radius 1 is 1.36 bits per heavy atom. The van der Waals surface area contributed by atoms with Crippen molar-refractivity contribution in [2.24, 2.45) is 7.05 Å². The quantitative estimate of drug-likeness (QED) is 0.788. The van der Waals surface area contributed by atoms with Crippen LogP contribution >= 0.6 is 11.3 Å². The number of nitrogens with zero attached hydrogens (tertiary/aromatic N) is 4. The van der Waals surface area contributed by atoms with E-state index in [4.69, 9.17) is 0 Å². The molecule has 0 radical (unpaired) electrons. The van der Waals surface area contributed by atoms with Crippen LogP contribution in [0.5, 0.6) is 0 Å². The summed E-state index contributed by atoms with van der Waals surface area (Å²) in [5.74, 6) is -0.328. The molecule has 0 saturated carbocycles. The van der Waals surface area contributed by atoms with E-state index in [1.165, 1.54) is 23.6 Å². The number of carbonyl (C=O) groups is 1. The molecular weight excluding hydrogens is 302 g/mol. The van der Waals surface area contributed by atoms with E-state index < -0.39 is 0 Å². The molecule has 0 atom stereocenters. The van der Waals surface area contributed by atoms with Crippen molar-refractivity contribution in [2.45, 2.75) is 6.54 Å². The lowest BCUT2D eigenvalue weighted by Gasteiger charge is -2.06. The molecule has 8 heteroatoms. The summed E-state index contributed by atoms with van der Waals surface area (Å²) < 4.78 is 2.73. The maximum Gasteiger partial charge on any atom is 0.267 e. The standard InChI is InChI=1S/C14H13N5O2S/c1-18-8-10(7-15-18)16-13(20)9-19-14(21)5-4-11(17-19)12-3-2-6-22-12/h2-8H,9H2,1H3,(H,16,20). The molecule has 0 aliphatic heterocycles. The van der Waals surface area contributed by atoms with Crippen LogP contribution in [0.4, 0.5) is 5.69 Å². The van der Waals surface area contributed by atoms with Crippen LogP contribution in [-0.4, -0.2) is 25.5 Å². The first-order chi connectivity index (χ1) is 10.6. The summed E-state index contributed by atoms with van der Waals surface area (Å²) in [5, 5.41) is 12.8. The van der Waals surface area contributed by atoms with E-state index in [-0.39, 0.29) is 18.0 Å². The van der Waals surface area contributed by atoms with Gasteiger partial charge < -0.3 is 5.32 Å². The zero-order valence-electron chi connectivity index (χ0n) is 11.8. The molecule has 0 aliphatic rings. The number of hydrogen-bond acceptors (Lipinski definition) is 5. The highest BCUT2D eigenvalue weighted by atomic mass is 32.1. The number of aromatic nitrogens is 4. The zero-order valence-corrected chi connectivity index (χ0v) is 12.6. The fourth-order valence-corrected chi connectivity index (χ4v) is 2.63. The van der Waals surface area contributed by atoms with Gasteiger partial charge in [0.25, 0.3) is 5.56 Å². The topological polar surface area (TPSA) is 81.8 Å². The third-order valence-electron chi connectivity index (χ3n) is 2.92. The van der Waals surface area contributed by atoms with Gasteiger partial charge >= 0.3 is 0 Å². The minimum Gasteiger partial charge on any atom is -0.322 e. The molecule has 7 nitrogen and oxygen atoms in total. The third-order valence-corrected chi connectivity index (χ3v) is 3.81. The molecule has 1 N–H and O–H groups in total. The molecule has 0 aromatic carbocycles. The van der Waals surface area contributed by atoms with Crippen LogP contribution in [0.1, 0.15) is 0 Å². The van der Waals surface area contributed by atoms with Crippen molar-refractivity contribution in [2.75, 3.05) is 5.32 Å². The van der Waals surface area contributed by atoms with Crippen LogP contribution in [0.3, 0.4) is 0 Å². The van der Waals surface area contributed by atoms with Gasteiger partial charge in [-0.25, -0.2) is 4.68 Å². The Bertz CT molecular complexity index is 850. The first-order valence-electron chi connectivity index (χ1n) is 6.52. The average molecular weight is 315 g/mol. The molecule has 0 saturated heterocycles. The van der Waals surface area contributed by atoms with Crippen LogP contribution in [0.2, 0.25) is 0 Å². The Kier molecular flexibility index (Phi) is 3.84. The van der Waals surface area contributed by atoms with Crippen molar-refractivity contribution in [3.8, 4) is 10.6 Å². The Balaban J connectivity index is 1.78. The molecule has 0 fully saturated rings. The predicted octanol–water partition coefficient (Wildman–Crippen LogP) is 1.34. The molecule has 22 heavy (non-hydrogen) atoms. The second kappa shape index (κ2) is 5.94. The Morgan fingerprint density at radius 3 is 2.91 bits per heavy atom. The minimum absolute atomic E-state index is 0.146. The summed E-state index contributed by atoms with van der Waals surface area (Å²) in [6.45, 7) is -0.146. The molecule has 0 unspecified atom stereocenters. The maximum absolute atomic E-state index is 12.0. The maximum atomic E-state index is 12.0. The number of nitrogens with one attached hydrogen (secondary N) is 1. The summed E-state index contributed by atoms with van der Waals surface area (Å²) in [6, 6.07) is 6.90. The van der Waals surface area contributed by atoms with E-state index in [9.17, 15) is 9.59 Å². The smallest absolute Gasteiger partial charge is 0.267 e. The molecule has 3 rings (SSSR count). The van der Waals surface area contributed by atoms with Gasteiger partial charge in [0.1, 0.15) is 12.2 Å². The van der Waals surface area contributed by atoms with Crippen molar-refractivity contribution in [3.05, 3.63) is 52.4 Å². The number of aryl methyl sites for hydroxylation is 1. The number of anilines is 1. The first-order valence-corrected chi connectivity index (χ1v) is 7.40. The van der Waals surface area contributed by atoms with E-state index in [1.807, 2.05) is 17.5 Å². The number of carbonyl (C=O) groups excluding carboxylic acids is 1. The highest BCUT2D eigenvalue weighted by Gasteiger charge is 2.09. The van der Waals surface area contributed by atoms with Crippen LogP contribution in [0, 0.1) is 0 Å². The second-order valence-electron chi connectivity index (χ2n) is 4.64. The Hall–Kier alpha value is -2.74. The van der Waals surface area contributed by atoms with E-state index in [0.29, 0.717) is 11.4 Å². The second-order valence-corrected chi connectivity index (χ2v) is 5.59. The summed E-state index contributed by atoms with van der Waals surface area (Å²) in [7, 11) is 1.76. The Morgan fingerprint density at radius 2 is 2.23 bits per heavy atom. The predicted molar refractivity (Wildman–Crippen MR) is 83.6 cm³/mol. The van der Waals surface area contributed by atoms with Gasteiger partial charge in [0, 0.05) is 19.3 Å². The summed E-state index contributed by atoms with van der Waals surface area (Å²) in [4.78, 5) is 24.8. The van der Waals surface area contributed by atoms with Crippen molar-refractivity contribution < 1.29 is 4.79 Å². The normalized spacial score (nSPS) is 10.6. The van der Waals surface area contributed by atoms with Crippen molar-refractivity contribution in [1.29, 1.82) is 0 Å². The summed E-state index contributed by atoms with van der Waals surface area (Å²) >= 11 is 1.53. The molecular formula is C14H13N5O2S. The largest absolute Gasteiger partial charge is 0.322 e. The lowest BCUT2D eigenvalue weighted by molar-refractivity contribution is -0.117. The third kappa shape index (κ3) is 3.12. The van der Waals surface area contributed by atoms with Gasteiger partial charge in [0.05, 0.1) is 16.8 Å². The van der Waals surface area contributed by atoms with Gasteiger partial charge in [0.2, 0.25) is 5.91 Å². The number of hydrogen-bond donors (Lipinski definition) is 1. The highest BCUT2D eigenvalue weighted by Crippen LogP contribution is 2.21. The fraction of sp³-hybridized carbons (Fsp3) is 0.143. The lowest BCUT2D eigenvalue weighted by atomic mass is 10.3. The monoisotopic (exact) mass is 315 g/mol. The lowest BCUT2D eigenvalue weighted by Crippen LogP contribution is -2.29. The molecule has 1 amide bonds. The summed E-state index contributed by atoms with van der Waals surface area (Å²) in [5.41, 5.74) is 0.931. The fourth-order valence-electron chi connectivity index (χ4n) is 1.94. The first kappa shape index (κ1) is 14.2. The van der Waals surface area contributed by atoms with E-state index in [0.717, 1.165) is 9.56 Å². The van der Waals surface area contributed by atoms with E-state index in [2.05, 4.69) is 15.5 Å². The van der Waals surface area contributed by atoms with Gasteiger partial charge in [-0.15, -0.1) is 11.3 Å². The molecule has 112 valence electrons. The number of amides is 1. The van der Waals surface area contributed by atoms with Crippen LogP contribution in [-0.2, 0) is 18.4 Å². The van der Waals surface area contributed by atoms with Gasteiger partial charge in [-0.3, -0.25) is 14.3 Å². The molecule has 0 spiro atoms. The van der Waals surface area contributed by atoms with Crippen molar-refractivity contribution >= 4 is 22.9 Å². The summed E-state index contributed by atoms with van der Waals surface area (Å²) in [6.07, 6.45) is 3.21. The van der Waals surface area contributed by atoms with Crippen LogP contribution in [0.25, 0.3) is 10.6 Å². The van der Waals surface area contributed by atoms with Gasteiger partial charge in [-0.05, 0) is 17.5 Å². The van der Waals surface area contributed by atoms with Gasteiger partial charge in [-0.1, -0.05) is 6.07 Å². The molecule has 3 heterocycles. The number of thiophene rings is 1. The highest BCUT2D eigenvalue weighted by molar-refractivity contribution is 7.13. The van der Waals surface area contributed by atoms with Crippen molar-refractivity contribution in [1.82, 2.24) is 19.6 Å². The van der Waals surface area contributed by atoms with Crippen LogP contribution < -0.4 is 10.9 Å².